The van der Waals surface area contributed by atoms with Crippen LogP contribution in [0.4, 0.5) is 5.95 Å². The molecule has 144 valence electrons. The molecule has 0 radical (unpaired) electrons. The fourth-order valence-electron chi connectivity index (χ4n) is 2.78. The fraction of sp³-hybridized carbons (Fsp3) is 0.227. The van der Waals surface area contributed by atoms with Gasteiger partial charge in [-0.25, -0.2) is 9.97 Å². The number of benzene rings is 2. The van der Waals surface area contributed by atoms with Gasteiger partial charge in [0.2, 0.25) is 5.95 Å². The van der Waals surface area contributed by atoms with Crippen molar-refractivity contribution in [1.82, 2.24) is 14.9 Å². The Labute approximate surface area is 170 Å². The van der Waals surface area contributed by atoms with Crippen molar-refractivity contribution in [3.05, 3.63) is 88.7 Å². The Morgan fingerprint density at radius 1 is 1.04 bits per heavy atom. The molecule has 0 aliphatic heterocycles. The highest BCUT2D eigenvalue weighted by Crippen LogP contribution is 2.16. The summed E-state index contributed by atoms with van der Waals surface area (Å²) in [4.78, 5) is 23.3. The summed E-state index contributed by atoms with van der Waals surface area (Å²) in [5.41, 5.74) is 2.51. The highest BCUT2D eigenvalue weighted by molar-refractivity contribution is 6.31. The number of rotatable bonds is 7. The minimum Gasteiger partial charge on any atom is -0.350 e. The molecule has 0 bridgehead atoms. The first-order valence-electron chi connectivity index (χ1n) is 9.19. The summed E-state index contributed by atoms with van der Waals surface area (Å²) in [6.07, 6.45) is 3.12. The maximum Gasteiger partial charge on any atom is 0.257 e. The quantitative estimate of drug-likeness (QED) is 0.625. The smallest absolute Gasteiger partial charge is 0.257 e. The van der Waals surface area contributed by atoms with E-state index in [9.17, 15) is 4.79 Å². The van der Waals surface area contributed by atoms with Gasteiger partial charge in [-0.1, -0.05) is 60.1 Å². The lowest BCUT2D eigenvalue weighted by Gasteiger charge is -2.26. The molecule has 0 aliphatic rings. The second-order valence-electron chi connectivity index (χ2n) is 6.75. The van der Waals surface area contributed by atoms with Crippen LogP contribution in [-0.4, -0.2) is 26.8 Å². The van der Waals surface area contributed by atoms with Crippen molar-refractivity contribution in [2.75, 3.05) is 5.32 Å². The molecule has 5 nitrogen and oxygen atoms in total. The first-order chi connectivity index (χ1) is 13.5. The Bertz CT molecular complexity index is 913. The summed E-state index contributed by atoms with van der Waals surface area (Å²) in [6.45, 7) is 5.06. The maximum atomic E-state index is 12.9. The lowest BCUT2D eigenvalue weighted by molar-refractivity contribution is 0.0689. The number of amides is 1. The Morgan fingerprint density at radius 3 is 2.32 bits per heavy atom. The number of carbonyl (C=O) groups is 1. The van der Waals surface area contributed by atoms with Crippen LogP contribution in [0, 0.1) is 0 Å². The van der Waals surface area contributed by atoms with Crippen LogP contribution in [0.1, 0.15) is 35.3 Å². The van der Waals surface area contributed by atoms with Crippen LogP contribution in [0.5, 0.6) is 0 Å². The molecular weight excluding hydrogens is 372 g/mol. The van der Waals surface area contributed by atoms with Crippen molar-refractivity contribution in [1.29, 1.82) is 0 Å². The van der Waals surface area contributed by atoms with Gasteiger partial charge >= 0.3 is 0 Å². The highest BCUT2D eigenvalue weighted by Gasteiger charge is 2.20. The molecule has 3 aromatic rings. The van der Waals surface area contributed by atoms with Crippen LogP contribution in [0.25, 0.3) is 0 Å². The molecule has 1 N–H and O–H groups in total. The fourth-order valence-corrected chi connectivity index (χ4v) is 2.98. The molecule has 0 saturated heterocycles. The number of halogens is 1. The number of nitrogens with one attached hydrogen (secondary N) is 1. The first kappa shape index (κ1) is 19.8. The van der Waals surface area contributed by atoms with E-state index in [-0.39, 0.29) is 11.9 Å². The van der Waals surface area contributed by atoms with E-state index >= 15 is 0 Å². The van der Waals surface area contributed by atoms with E-state index in [0.717, 1.165) is 11.1 Å². The van der Waals surface area contributed by atoms with Gasteiger partial charge in [0.25, 0.3) is 5.91 Å². The first-order valence-corrected chi connectivity index (χ1v) is 9.56. The average Bonchev–Trinajstić information content (AvgIpc) is 2.72. The van der Waals surface area contributed by atoms with E-state index in [2.05, 4.69) is 15.3 Å². The van der Waals surface area contributed by atoms with E-state index in [1.165, 1.54) is 0 Å². The third-order valence-electron chi connectivity index (χ3n) is 4.37. The molecule has 0 fully saturated rings. The third-order valence-corrected chi connectivity index (χ3v) is 4.74. The second kappa shape index (κ2) is 9.33. The molecule has 1 amide bonds. The van der Waals surface area contributed by atoms with Gasteiger partial charge in [-0.3, -0.25) is 4.79 Å². The molecule has 1 heterocycles. The Balaban J connectivity index is 1.67. The molecule has 0 spiro atoms. The molecule has 3 rings (SSSR count). The molecule has 0 saturated carbocycles. The highest BCUT2D eigenvalue weighted by atomic mass is 35.5. The molecule has 28 heavy (non-hydrogen) atoms. The van der Waals surface area contributed by atoms with Gasteiger partial charge < -0.3 is 10.2 Å². The van der Waals surface area contributed by atoms with Crippen molar-refractivity contribution < 1.29 is 4.79 Å². The number of carbonyl (C=O) groups excluding carboxylic acids is 1. The Morgan fingerprint density at radius 2 is 1.68 bits per heavy atom. The van der Waals surface area contributed by atoms with Crippen LogP contribution >= 0.6 is 11.6 Å². The average molecular weight is 395 g/mol. The summed E-state index contributed by atoms with van der Waals surface area (Å²) in [6, 6.07) is 17.6. The number of nitrogens with zero attached hydrogens (tertiary/aromatic N) is 3. The summed E-state index contributed by atoms with van der Waals surface area (Å²) >= 11 is 6.16. The summed E-state index contributed by atoms with van der Waals surface area (Å²) < 4.78 is 0. The normalized spacial score (nSPS) is 10.7. The van der Waals surface area contributed by atoms with Gasteiger partial charge in [0.05, 0.1) is 5.56 Å². The monoisotopic (exact) mass is 394 g/mol. The molecular formula is C22H23ClN4O. The van der Waals surface area contributed by atoms with Crippen LogP contribution < -0.4 is 5.32 Å². The van der Waals surface area contributed by atoms with E-state index in [1.807, 2.05) is 73.3 Å². The topological polar surface area (TPSA) is 58.1 Å². The van der Waals surface area contributed by atoms with Gasteiger partial charge in [-0.2, -0.15) is 0 Å². The second-order valence-corrected chi connectivity index (χ2v) is 7.16. The minimum absolute atomic E-state index is 0.0609. The van der Waals surface area contributed by atoms with Crippen molar-refractivity contribution in [2.24, 2.45) is 0 Å². The SMILES string of the molecule is CC(C)N(Cc1ccccc1)C(=O)c1cnc(NCc2ccccc2Cl)nc1. The van der Waals surface area contributed by atoms with E-state index in [4.69, 9.17) is 11.6 Å². The molecule has 6 heteroatoms. The molecule has 2 aromatic carbocycles. The number of hydrogen-bond donors (Lipinski definition) is 1. The third kappa shape index (κ3) is 5.08. The summed E-state index contributed by atoms with van der Waals surface area (Å²) in [5, 5.41) is 3.82. The van der Waals surface area contributed by atoms with Crippen LogP contribution in [0.3, 0.4) is 0 Å². The van der Waals surface area contributed by atoms with Crippen molar-refractivity contribution >= 4 is 23.5 Å². The van der Waals surface area contributed by atoms with Gasteiger partial charge in [-0.15, -0.1) is 0 Å². The minimum atomic E-state index is -0.0866. The number of anilines is 1. The number of aromatic nitrogens is 2. The lowest BCUT2D eigenvalue weighted by Crippen LogP contribution is -2.36. The van der Waals surface area contributed by atoms with Crippen molar-refractivity contribution in [2.45, 2.75) is 33.0 Å². The predicted octanol–water partition coefficient (Wildman–Crippen LogP) is 4.79. The summed E-state index contributed by atoms with van der Waals surface area (Å²) in [7, 11) is 0. The molecule has 0 unspecified atom stereocenters. The van der Waals surface area contributed by atoms with Crippen LogP contribution in [0.15, 0.2) is 67.0 Å². The van der Waals surface area contributed by atoms with Gasteiger partial charge in [0.1, 0.15) is 0 Å². The molecule has 1 aromatic heterocycles. The summed E-state index contributed by atoms with van der Waals surface area (Å²) in [5.74, 6) is 0.368. The Kier molecular flexibility index (Phi) is 6.61. The van der Waals surface area contributed by atoms with Gasteiger partial charge in [0, 0.05) is 36.5 Å². The van der Waals surface area contributed by atoms with Crippen molar-refractivity contribution in [3.63, 3.8) is 0 Å². The maximum absolute atomic E-state index is 12.9. The lowest BCUT2D eigenvalue weighted by atomic mass is 10.1. The van der Waals surface area contributed by atoms with E-state index in [0.29, 0.717) is 29.6 Å². The van der Waals surface area contributed by atoms with Crippen LogP contribution in [-0.2, 0) is 13.1 Å². The zero-order chi connectivity index (χ0) is 19.9. The van der Waals surface area contributed by atoms with Gasteiger partial charge in [0.15, 0.2) is 0 Å². The number of hydrogen-bond acceptors (Lipinski definition) is 4. The van der Waals surface area contributed by atoms with E-state index in [1.54, 1.807) is 12.4 Å². The molecule has 0 atom stereocenters. The Hall–Kier alpha value is -2.92. The standard InChI is InChI=1S/C22H23ClN4O/c1-16(2)27(15-17-8-4-3-5-9-17)21(28)19-13-25-22(26-14-19)24-12-18-10-6-7-11-20(18)23/h3-11,13-14,16H,12,15H2,1-2H3,(H,24,25,26). The van der Waals surface area contributed by atoms with Gasteiger partial charge in [-0.05, 0) is 31.0 Å². The largest absolute Gasteiger partial charge is 0.350 e. The predicted molar refractivity (Wildman–Crippen MR) is 112 cm³/mol. The zero-order valence-electron chi connectivity index (χ0n) is 16.0. The van der Waals surface area contributed by atoms with Crippen LogP contribution in [0.2, 0.25) is 5.02 Å². The van der Waals surface area contributed by atoms with E-state index < -0.39 is 0 Å². The molecule has 0 aliphatic carbocycles. The van der Waals surface area contributed by atoms with Crippen molar-refractivity contribution in [3.8, 4) is 0 Å². The zero-order valence-corrected chi connectivity index (χ0v) is 16.7.